The summed E-state index contributed by atoms with van der Waals surface area (Å²) in [6.45, 7) is -0.976. The maximum absolute atomic E-state index is 12.8. The van der Waals surface area contributed by atoms with Crippen molar-refractivity contribution < 1.29 is 37.1 Å². The van der Waals surface area contributed by atoms with Crippen LogP contribution in [-0.4, -0.2) is 41.9 Å². The van der Waals surface area contributed by atoms with E-state index >= 15 is 0 Å². The lowest BCUT2D eigenvalue weighted by Gasteiger charge is -2.18. The Morgan fingerprint density at radius 2 is 1.85 bits per heavy atom. The summed E-state index contributed by atoms with van der Waals surface area (Å²) in [7, 11) is 0. The zero-order valence-corrected chi connectivity index (χ0v) is 18.6. The largest absolute Gasteiger partial charge is 0.455 e. The standard InChI is InChI=1S/C21H16Cl2F3N3O5/c22-13-4-5-15(16(23)8-13)19(32)28-29-9-11(6-18(29)31)20(33)34-10-17(30)27-14-3-1-2-12(7-14)21(24,25)26/h1-5,7-8,11H,6,9-10H2,(H,27,30)(H,28,32)/t11-/m0/s1. The first-order valence-corrected chi connectivity index (χ1v) is 10.4. The first kappa shape index (κ1) is 25.3. The number of carbonyl (C=O) groups is 4. The van der Waals surface area contributed by atoms with Gasteiger partial charge in [0.25, 0.3) is 11.8 Å². The number of benzene rings is 2. The van der Waals surface area contributed by atoms with E-state index in [1.165, 1.54) is 24.3 Å². The fourth-order valence-corrected chi connectivity index (χ4v) is 3.55. The monoisotopic (exact) mass is 517 g/mol. The van der Waals surface area contributed by atoms with Crippen LogP contribution in [0.4, 0.5) is 18.9 Å². The van der Waals surface area contributed by atoms with E-state index in [1.807, 2.05) is 0 Å². The van der Waals surface area contributed by atoms with Gasteiger partial charge < -0.3 is 10.1 Å². The molecule has 13 heteroatoms. The van der Waals surface area contributed by atoms with Crippen LogP contribution in [0.2, 0.25) is 10.0 Å². The molecule has 2 aromatic carbocycles. The Kier molecular flexibility index (Phi) is 7.68. The van der Waals surface area contributed by atoms with Gasteiger partial charge in [0.2, 0.25) is 5.91 Å². The second-order valence-electron chi connectivity index (χ2n) is 7.20. The van der Waals surface area contributed by atoms with E-state index in [2.05, 4.69) is 10.7 Å². The Morgan fingerprint density at radius 3 is 2.53 bits per heavy atom. The van der Waals surface area contributed by atoms with Gasteiger partial charge in [-0.15, -0.1) is 0 Å². The molecule has 1 aliphatic rings. The minimum absolute atomic E-state index is 0.0659. The number of nitrogens with zero attached hydrogens (tertiary/aromatic N) is 1. The number of hydrogen-bond acceptors (Lipinski definition) is 5. The molecule has 2 N–H and O–H groups in total. The van der Waals surface area contributed by atoms with Crippen molar-refractivity contribution in [2.24, 2.45) is 5.92 Å². The van der Waals surface area contributed by atoms with Crippen LogP contribution in [0.1, 0.15) is 22.3 Å². The molecule has 0 aliphatic carbocycles. The van der Waals surface area contributed by atoms with E-state index in [4.69, 9.17) is 27.9 Å². The van der Waals surface area contributed by atoms with Crippen LogP contribution >= 0.6 is 23.2 Å². The quantitative estimate of drug-likeness (QED) is 0.568. The number of hydrazine groups is 1. The molecule has 0 spiro atoms. The fraction of sp³-hybridized carbons (Fsp3) is 0.238. The highest BCUT2D eigenvalue weighted by atomic mass is 35.5. The number of amides is 3. The number of hydrogen-bond donors (Lipinski definition) is 2. The average molecular weight is 518 g/mol. The van der Waals surface area contributed by atoms with E-state index in [9.17, 15) is 32.3 Å². The molecule has 34 heavy (non-hydrogen) atoms. The van der Waals surface area contributed by atoms with E-state index in [0.717, 1.165) is 23.2 Å². The van der Waals surface area contributed by atoms with Crippen molar-refractivity contribution in [2.75, 3.05) is 18.5 Å². The van der Waals surface area contributed by atoms with Crippen LogP contribution in [0.15, 0.2) is 42.5 Å². The molecule has 180 valence electrons. The van der Waals surface area contributed by atoms with Crippen molar-refractivity contribution in [3.8, 4) is 0 Å². The molecule has 1 heterocycles. The number of ether oxygens (including phenoxy) is 1. The molecule has 2 aromatic rings. The van der Waals surface area contributed by atoms with Crippen LogP contribution in [-0.2, 0) is 25.3 Å². The summed E-state index contributed by atoms with van der Waals surface area (Å²) in [5.41, 5.74) is 1.34. The molecule has 0 bridgehead atoms. The van der Waals surface area contributed by atoms with Gasteiger partial charge in [0.1, 0.15) is 0 Å². The Hall–Kier alpha value is -3.31. The van der Waals surface area contributed by atoms with Crippen molar-refractivity contribution in [3.63, 3.8) is 0 Å². The van der Waals surface area contributed by atoms with Gasteiger partial charge >= 0.3 is 12.1 Å². The summed E-state index contributed by atoms with van der Waals surface area (Å²) in [5.74, 6) is -3.96. The molecule has 0 unspecified atom stereocenters. The van der Waals surface area contributed by atoms with Gasteiger partial charge in [0.15, 0.2) is 6.61 Å². The van der Waals surface area contributed by atoms with Crippen LogP contribution in [0, 0.1) is 5.92 Å². The van der Waals surface area contributed by atoms with E-state index in [0.29, 0.717) is 5.02 Å². The molecule has 0 saturated carbocycles. The van der Waals surface area contributed by atoms with Crippen LogP contribution < -0.4 is 10.7 Å². The lowest BCUT2D eigenvalue weighted by Crippen LogP contribution is -2.43. The lowest BCUT2D eigenvalue weighted by molar-refractivity contribution is -0.151. The molecule has 0 aromatic heterocycles. The summed E-state index contributed by atoms with van der Waals surface area (Å²) in [6.07, 6.45) is -4.86. The summed E-state index contributed by atoms with van der Waals surface area (Å²) in [4.78, 5) is 48.7. The molecular weight excluding hydrogens is 502 g/mol. The van der Waals surface area contributed by atoms with Crippen LogP contribution in [0.3, 0.4) is 0 Å². The second-order valence-corrected chi connectivity index (χ2v) is 8.05. The number of esters is 1. The predicted molar refractivity (Wildman–Crippen MR) is 115 cm³/mol. The summed E-state index contributed by atoms with van der Waals surface area (Å²) >= 11 is 11.8. The van der Waals surface area contributed by atoms with Crippen molar-refractivity contribution in [1.29, 1.82) is 0 Å². The van der Waals surface area contributed by atoms with Gasteiger partial charge in [-0.2, -0.15) is 13.2 Å². The summed E-state index contributed by atoms with van der Waals surface area (Å²) in [5, 5.41) is 3.52. The Labute approximate surface area is 200 Å². The average Bonchev–Trinajstić information content (AvgIpc) is 3.11. The molecular formula is C21H16Cl2F3N3O5. The zero-order chi connectivity index (χ0) is 25.0. The van der Waals surface area contributed by atoms with E-state index in [1.54, 1.807) is 0 Å². The normalized spacial score (nSPS) is 15.7. The van der Waals surface area contributed by atoms with Gasteiger partial charge in [-0.1, -0.05) is 29.3 Å². The van der Waals surface area contributed by atoms with Gasteiger partial charge in [-0.25, -0.2) is 0 Å². The molecule has 8 nitrogen and oxygen atoms in total. The summed E-state index contributed by atoms with van der Waals surface area (Å²) in [6, 6.07) is 8.12. The van der Waals surface area contributed by atoms with E-state index in [-0.39, 0.29) is 29.2 Å². The number of rotatable bonds is 6. The first-order chi connectivity index (χ1) is 15.9. The molecule has 3 amide bonds. The van der Waals surface area contributed by atoms with Crippen molar-refractivity contribution >= 4 is 52.6 Å². The molecule has 0 radical (unpaired) electrons. The number of carbonyl (C=O) groups excluding carboxylic acids is 4. The van der Waals surface area contributed by atoms with Crippen molar-refractivity contribution in [3.05, 3.63) is 63.6 Å². The van der Waals surface area contributed by atoms with E-state index < -0.39 is 48.0 Å². The van der Waals surface area contributed by atoms with Crippen LogP contribution in [0.5, 0.6) is 0 Å². The molecule has 1 atom stereocenters. The number of halogens is 5. The molecule has 3 rings (SSSR count). The summed E-state index contributed by atoms with van der Waals surface area (Å²) < 4.78 is 43.1. The predicted octanol–water partition coefficient (Wildman–Crippen LogP) is 3.69. The SMILES string of the molecule is O=C(COC(=O)[C@H]1CC(=O)N(NC(=O)c2ccc(Cl)cc2Cl)C1)Nc1cccc(C(F)(F)F)c1. The number of alkyl halides is 3. The smallest absolute Gasteiger partial charge is 0.416 e. The highest BCUT2D eigenvalue weighted by molar-refractivity contribution is 6.36. The Morgan fingerprint density at radius 1 is 1.12 bits per heavy atom. The molecule has 1 fully saturated rings. The first-order valence-electron chi connectivity index (χ1n) is 9.64. The van der Waals surface area contributed by atoms with Crippen LogP contribution in [0.25, 0.3) is 0 Å². The van der Waals surface area contributed by atoms with Gasteiger partial charge in [0.05, 0.1) is 28.6 Å². The zero-order valence-electron chi connectivity index (χ0n) is 17.1. The highest BCUT2D eigenvalue weighted by Gasteiger charge is 2.37. The third-order valence-electron chi connectivity index (χ3n) is 4.69. The van der Waals surface area contributed by atoms with Gasteiger partial charge in [-0.3, -0.25) is 29.6 Å². The Bertz CT molecular complexity index is 1140. The second kappa shape index (κ2) is 10.3. The number of nitrogens with one attached hydrogen (secondary N) is 2. The maximum atomic E-state index is 12.8. The highest BCUT2D eigenvalue weighted by Crippen LogP contribution is 2.30. The molecule has 1 aliphatic heterocycles. The van der Waals surface area contributed by atoms with Gasteiger partial charge in [-0.05, 0) is 36.4 Å². The maximum Gasteiger partial charge on any atom is 0.416 e. The van der Waals surface area contributed by atoms with Crippen molar-refractivity contribution in [1.82, 2.24) is 10.4 Å². The number of anilines is 1. The topological polar surface area (TPSA) is 105 Å². The van der Waals surface area contributed by atoms with Crippen molar-refractivity contribution in [2.45, 2.75) is 12.6 Å². The fourth-order valence-electron chi connectivity index (χ4n) is 3.05. The minimum atomic E-state index is -4.58. The minimum Gasteiger partial charge on any atom is -0.455 e. The third-order valence-corrected chi connectivity index (χ3v) is 5.24. The Balaban J connectivity index is 1.51. The lowest BCUT2D eigenvalue weighted by atomic mass is 10.1. The third kappa shape index (κ3) is 6.39. The van der Waals surface area contributed by atoms with Gasteiger partial charge in [0, 0.05) is 17.1 Å². The molecule has 1 saturated heterocycles.